The first-order valence-electron chi connectivity index (χ1n) is 7.96. The summed E-state index contributed by atoms with van der Waals surface area (Å²) < 4.78 is 0. The molecule has 0 saturated carbocycles. The van der Waals surface area contributed by atoms with Crippen LogP contribution < -0.4 is 4.90 Å². The minimum atomic E-state index is -0.778. The maximum absolute atomic E-state index is 11.5. The number of aliphatic carboxylic acids is 1. The van der Waals surface area contributed by atoms with Crippen LogP contribution in [0.4, 0.5) is 5.82 Å². The highest BCUT2D eigenvalue weighted by Crippen LogP contribution is 2.30. The van der Waals surface area contributed by atoms with Crippen molar-refractivity contribution >= 4 is 22.7 Å². The summed E-state index contributed by atoms with van der Waals surface area (Å²) in [5.74, 6) is 0.748. The second kappa shape index (κ2) is 6.50. The summed E-state index contributed by atoms with van der Waals surface area (Å²) in [5.41, 5.74) is 0.877. The second-order valence-corrected chi connectivity index (χ2v) is 6.22. The summed E-state index contributed by atoms with van der Waals surface area (Å²) >= 11 is 0. The summed E-state index contributed by atoms with van der Waals surface area (Å²) in [6, 6.07) is 7.34. The molecule has 6 heteroatoms. The second-order valence-electron chi connectivity index (χ2n) is 6.22. The highest BCUT2D eigenvalue weighted by Gasteiger charge is 2.32. The maximum atomic E-state index is 11.5. The van der Waals surface area contributed by atoms with Crippen molar-refractivity contribution < 1.29 is 9.90 Å². The van der Waals surface area contributed by atoms with Gasteiger partial charge in [-0.2, -0.15) is 0 Å². The number of aromatic nitrogens is 2. The number of benzene rings is 1. The van der Waals surface area contributed by atoms with Crippen molar-refractivity contribution in [1.29, 1.82) is 0 Å². The monoisotopic (exact) mass is 314 g/mol. The predicted molar refractivity (Wildman–Crippen MR) is 89.8 cm³/mol. The lowest BCUT2D eigenvalue weighted by molar-refractivity contribution is -0.138. The Balaban J connectivity index is 2.04. The fourth-order valence-electron chi connectivity index (χ4n) is 3.04. The molecule has 1 aromatic carbocycles. The average molecular weight is 314 g/mol. The first kappa shape index (κ1) is 15.7. The summed E-state index contributed by atoms with van der Waals surface area (Å²) in [4.78, 5) is 24.9. The zero-order valence-corrected chi connectivity index (χ0v) is 13.6. The van der Waals surface area contributed by atoms with Crippen LogP contribution in [0.25, 0.3) is 10.9 Å². The van der Waals surface area contributed by atoms with Gasteiger partial charge in [-0.1, -0.05) is 12.1 Å². The quantitative estimate of drug-likeness (QED) is 0.907. The first-order chi connectivity index (χ1) is 11.1. The van der Waals surface area contributed by atoms with Crippen LogP contribution in [0.1, 0.15) is 18.7 Å². The molecule has 1 aliphatic heterocycles. The van der Waals surface area contributed by atoms with Gasteiger partial charge in [0.05, 0.1) is 5.52 Å². The largest absolute Gasteiger partial charge is 0.480 e. The Hall–Kier alpha value is -2.21. The molecule has 1 fully saturated rings. The Morgan fingerprint density at radius 1 is 1.35 bits per heavy atom. The van der Waals surface area contributed by atoms with Crippen molar-refractivity contribution in [3.8, 4) is 0 Å². The molecule has 3 rings (SSSR count). The van der Waals surface area contributed by atoms with Gasteiger partial charge in [-0.25, -0.2) is 14.8 Å². The van der Waals surface area contributed by atoms with Gasteiger partial charge in [-0.3, -0.25) is 0 Å². The molecule has 1 saturated heterocycles. The fraction of sp³-hybridized carbons (Fsp3) is 0.471. The lowest BCUT2D eigenvalue weighted by Crippen LogP contribution is -2.36. The summed E-state index contributed by atoms with van der Waals surface area (Å²) in [7, 11) is 4.03. The van der Waals surface area contributed by atoms with Crippen molar-refractivity contribution in [2.24, 2.45) is 0 Å². The van der Waals surface area contributed by atoms with Crippen LogP contribution >= 0.6 is 0 Å². The third-order valence-corrected chi connectivity index (χ3v) is 4.22. The molecule has 1 aromatic heterocycles. The van der Waals surface area contributed by atoms with Gasteiger partial charge < -0.3 is 14.9 Å². The Labute approximate surface area is 135 Å². The van der Waals surface area contributed by atoms with Crippen LogP contribution in [0, 0.1) is 0 Å². The van der Waals surface area contributed by atoms with E-state index in [-0.39, 0.29) is 0 Å². The molecule has 0 aliphatic carbocycles. The van der Waals surface area contributed by atoms with E-state index < -0.39 is 12.0 Å². The van der Waals surface area contributed by atoms with Gasteiger partial charge in [0, 0.05) is 24.9 Å². The number of nitrogens with zero attached hydrogens (tertiary/aromatic N) is 4. The van der Waals surface area contributed by atoms with Crippen LogP contribution in [0.15, 0.2) is 24.3 Å². The van der Waals surface area contributed by atoms with Crippen molar-refractivity contribution in [2.75, 3.05) is 32.1 Å². The molecular weight excluding hydrogens is 292 g/mol. The summed E-state index contributed by atoms with van der Waals surface area (Å²) in [6.45, 7) is 1.59. The molecule has 1 aliphatic rings. The Morgan fingerprint density at radius 3 is 2.87 bits per heavy atom. The number of carbonyl (C=O) groups is 1. The lowest BCUT2D eigenvalue weighted by atomic mass is 10.2. The highest BCUT2D eigenvalue weighted by atomic mass is 16.4. The van der Waals surface area contributed by atoms with Crippen molar-refractivity contribution in [3.63, 3.8) is 0 Å². The number of carboxylic acid groups (broad SMARTS) is 1. The van der Waals surface area contributed by atoms with Gasteiger partial charge in [0.2, 0.25) is 0 Å². The van der Waals surface area contributed by atoms with Crippen LogP contribution in [0.5, 0.6) is 0 Å². The molecule has 1 N–H and O–H groups in total. The topological polar surface area (TPSA) is 69.6 Å². The van der Waals surface area contributed by atoms with Gasteiger partial charge in [0.1, 0.15) is 17.7 Å². The molecule has 122 valence electrons. The van der Waals surface area contributed by atoms with Crippen LogP contribution in [0.3, 0.4) is 0 Å². The number of rotatable bonds is 5. The Bertz CT molecular complexity index is 717. The average Bonchev–Trinajstić information content (AvgIpc) is 3.01. The molecule has 1 atom stereocenters. The molecule has 2 aromatic rings. The maximum Gasteiger partial charge on any atom is 0.326 e. The van der Waals surface area contributed by atoms with E-state index in [1.54, 1.807) is 0 Å². The van der Waals surface area contributed by atoms with E-state index in [0.29, 0.717) is 6.42 Å². The Morgan fingerprint density at radius 2 is 2.13 bits per heavy atom. The normalized spacial score (nSPS) is 18.0. The molecular formula is C17H22N4O2. The standard InChI is InChI=1S/C17H22N4O2/c1-20(2)11-9-15-18-13-7-4-3-6-12(13)16(19-15)21-10-5-8-14(21)17(22)23/h3-4,6-7,14H,5,8-11H2,1-2H3,(H,22,23). The number of likely N-dealkylation sites (N-methyl/N-ethyl adjacent to an activating group) is 1. The fourth-order valence-corrected chi connectivity index (χ4v) is 3.04. The van der Waals surface area contributed by atoms with E-state index in [0.717, 1.165) is 48.5 Å². The number of anilines is 1. The van der Waals surface area contributed by atoms with E-state index in [1.165, 1.54) is 0 Å². The molecule has 0 spiro atoms. The minimum Gasteiger partial charge on any atom is -0.480 e. The molecule has 1 unspecified atom stereocenters. The molecule has 6 nitrogen and oxygen atoms in total. The van der Waals surface area contributed by atoms with E-state index in [2.05, 4.69) is 9.88 Å². The molecule has 0 amide bonds. The zero-order chi connectivity index (χ0) is 16.4. The molecule has 2 heterocycles. The highest BCUT2D eigenvalue weighted by molar-refractivity contribution is 5.92. The summed E-state index contributed by atoms with van der Waals surface area (Å²) in [5, 5.41) is 10.4. The number of hydrogen-bond acceptors (Lipinski definition) is 5. The van der Waals surface area contributed by atoms with E-state index in [1.807, 2.05) is 43.3 Å². The van der Waals surface area contributed by atoms with Crippen molar-refractivity contribution in [2.45, 2.75) is 25.3 Å². The number of hydrogen-bond donors (Lipinski definition) is 1. The van der Waals surface area contributed by atoms with Gasteiger partial charge >= 0.3 is 5.97 Å². The van der Waals surface area contributed by atoms with Gasteiger partial charge in [0.15, 0.2) is 0 Å². The van der Waals surface area contributed by atoms with E-state index in [4.69, 9.17) is 4.98 Å². The number of para-hydroxylation sites is 1. The van der Waals surface area contributed by atoms with Gasteiger partial charge in [-0.05, 0) is 39.1 Å². The van der Waals surface area contributed by atoms with Crippen molar-refractivity contribution in [3.05, 3.63) is 30.1 Å². The van der Waals surface area contributed by atoms with Gasteiger partial charge in [0.25, 0.3) is 0 Å². The van der Waals surface area contributed by atoms with E-state index in [9.17, 15) is 9.90 Å². The number of carboxylic acids is 1. The lowest BCUT2D eigenvalue weighted by Gasteiger charge is -2.24. The zero-order valence-electron chi connectivity index (χ0n) is 13.6. The number of fused-ring (bicyclic) bond motifs is 1. The first-order valence-corrected chi connectivity index (χ1v) is 7.96. The van der Waals surface area contributed by atoms with Crippen LogP contribution in [-0.2, 0) is 11.2 Å². The van der Waals surface area contributed by atoms with E-state index >= 15 is 0 Å². The molecule has 23 heavy (non-hydrogen) atoms. The van der Waals surface area contributed by atoms with Gasteiger partial charge in [-0.15, -0.1) is 0 Å². The third kappa shape index (κ3) is 3.27. The molecule has 0 radical (unpaired) electrons. The predicted octanol–water partition coefficient (Wildman–Crippen LogP) is 1.79. The van der Waals surface area contributed by atoms with Crippen LogP contribution in [-0.4, -0.2) is 59.2 Å². The third-order valence-electron chi connectivity index (χ3n) is 4.22. The summed E-state index contributed by atoms with van der Waals surface area (Å²) in [6.07, 6.45) is 2.29. The van der Waals surface area contributed by atoms with Crippen molar-refractivity contribution in [1.82, 2.24) is 14.9 Å². The SMILES string of the molecule is CN(C)CCc1nc(N2CCCC2C(=O)O)c2ccccc2n1. The minimum absolute atomic E-state index is 0.491. The van der Waals surface area contributed by atoms with Crippen LogP contribution in [0.2, 0.25) is 0 Å². The smallest absolute Gasteiger partial charge is 0.326 e. The molecule has 0 bridgehead atoms. The Kier molecular flexibility index (Phi) is 4.43.